The second kappa shape index (κ2) is 6.48. The first-order valence-corrected chi connectivity index (χ1v) is 8.03. The summed E-state index contributed by atoms with van der Waals surface area (Å²) in [5.41, 5.74) is 2.03. The van der Waals surface area contributed by atoms with E-state index in [0.29, 0.717) is 5.13 Å². The van der Waals surface area contributed by atoms with Gasteiger partial charge in [0.05, 0.1) is 16.3 Å². The molecule has 6 heteroatoms. The quantitative estimate of drug-likeness (QED) is 0.711. The van der Waals surface area contributed by atoms with Crippen molar-refractivity contribution in [2.45, 2.75) is 6.92 Å². The van der Waals surface area contributed by atoms with Crippen molar-refractivity contribution in [2.24, 2.45) is 0 Å². The van der Waals surface area contributed by atoms with E-state index in [-0.39, 0.29) is 10.6 Å². The Morgan fingerprint density at radius 3 is 2.65 bits per heavy atom. The molecule has 0 fully saturated rings. The first kappa shape index (κ1) is 15.6. The third kappa shape index (κ3) is 3.41. The van der Waals surface area contributed by atoms with Crippen LogP contribution in [0.25, 0.3) is 11.3 Å². The van der Waals surface area contributed by atoms with Gasteiger partial charge in [0.25, 0.3) is 5.91 Å². The maximum Gasteiger partial charge on any atom is 0.258 e. The zero-order chi connectivity index (χ0) is 16.4. The number of thiazole rings is 1. The van der Waals surface area contributed by atoms with Gasteiger partial charge in [-0.15, -0.1) is 11.3 Å². The van der Waals surface area contributed by atoms with Crippen molar-refractivity contribution >= 4 is 34.0 Å². The number of rotatable bonds is 3. The van der Waals surface area contributed by atoms with E-state index in [4.69, 9.17) is 11.6 Å². The number of halogens is 2. The molecule has 3 aromatic rings. The molecule has 1 amide bonds. The fourth-order valence-electron chi connectivity index (χ4n) is 2.15. The van der Waals surface area contributed by atoms with Crippen LogP contribution in [0.1, 0.15) is 15.2 Å². The van der Waals surface area contributed by atoms with Gasteiger partial charge in [0, 0.05) is 10.4 Å². The monoisotopic (exact) mass is 346 g/mol. The first-order chi connectivity index (χ1) is 11.0. The van der Waals surface area contributed by atoms with E-state index in [2.05, 4.69) is 10.3 Å². The van der Waals surface area contributed by atoms with Crippen molar-refractivity contribution in [3.63, 3.8) is 0 Å². The number of hydrogen-bond acceptors (Lipinski definition) is 3. The lowest BCUT2D eigenvalue weighted by molar-refractivity contribution is 0.102. The molecule has 1 aromatic heterocycles. The summed E-state index contributed by atoms with van der Waals surface area (Å²) in [5, 5.41) is 3.26. The van der Waals surface area contributed by atoms with E-state index in [1.807, 2.05) is 37.3 Å². The molecule has 0 radical (unpaired) electrons. The molecule has 0 saturated heterocycles. The van der Waals surface area contributed by atoms with Gasteiger partial charge in [0.2, 0.25) is 0 Å². The lowest BCUT2D eigenvalue weighted by Gasteiger charge is -2.04. The normalized spacial score (nSPS) is 10.6. The number of nitrogens with zero attached hydrogens (tertiary/aromatic N) is 1. The van der Waals surface area contributed by atoms with Crippen molar-refractivity contribution in [3.8, 4) is 11.3 Å². The van der Waals surface area contributed by atoms with Gasteiger partial charge >= 0.3 is 0 Å². The topological polar surface area (TPSA) is 42.0 Å². The molecule has 0 bridgehead atoms. The third-order valence-corrected chi connectivity index (χ3v) is 4.44. The molecular weight excluding hydrogens is 335 g/mol. The molecule has 116 valence electrons. The van der Waals surface area contributed by atoms with Crippen LogP contribution in [0.4, 0.5) is 9.52 Å². The van der Waals surface area contributed by atoms with Crippen molar-refractivity contribution in [1.82, 2.24) is 4.98 Å². The average molecular weight is 347 g/mol. The van der Waals surface area contributed by atoms with Gasteiger partial charge in [-0.25, -0.2) is 9.37 Å². The predicted molar refractivity (Wildman–Crippen MR) is 91.7 cm³/mol. The van der Waals surface area contributed by atoms with Gasteiger partial charge in [0.15, 0.2) is 5.13 Å². The summed E-state index contributed by atoms with van der Waals surface area (Å²) in [4.78, 5) is 17.7. The summed E-state index contributed by atoms with van der Waals surface area (Å²) < 4.78 is 13.1. The maximum absolute atomic E-state index is 13.1. The summed E-state index contributed by atoms with van der Waals surface area (Å²) in [5.74, 6) is -0.897. The minimum absolute atomic E-state index is 0.0686. The molecule has 0 aliphatic carbocycles. The molecule has 2 aromatic carbocycles. The van der Waals surface area contributed by atoms with Crippen LogP contribution in [0.3, 0.4) is 0 Å². The third-order valence-electron chi connectivity index (χ3n) is 3.24. The molecule has 0 unspecified atom stereocenters. The highest BCUT2D eigenvalue weighted by atomic mass is 35.5. The lowest BCUT2D eigenvalue weighted by atomic mass is 10.1. The fraction of sp³-hybridized carbons (Fsp3) is 0.0588. The molecule has 0 spiro atoms. The summed E-state index contributed by atoms with van der Waals surface area (Å²) in [7, 11) is 0. The van der Waals surface area contributed by atoms with Crippen LogP contribution in [-0.2, 0) is 0 Å². The number of hydrogen-bond donors (Lipinski definition) is 1. The number of carbonyl (C=O) groups is 1. The highest BCUT2D eigenvalue weighted by Gasteiger charge is 2.15. The SMILES string of the molecule is Cc1sc(NC(=O)c2ccc(F)cc2Cl)nc1-c1ccccc1. The molecule has 0 aliphatic rings. The standard InChI is InChI=1S/C17H12ClFN2OS/c1-10-15(11-5-3-2-4-6-11)20-17(23-10)21-16(22)13-8-7-12(19)9-14(13)18/h2-9H,1H3,(H,20,21,22). The van der Waals surface area contributed by atoms with Crippen LogP contribution in [0.5, 0.6) is 0 Å². The Morgan fingerprint density at radius 1 is 1.22 bits per heavy atom. The van der Waals surface area contributed by atoms with Crippen LogP contribution in [-0.4, -0.2) is 10.9 Å². The minimum Gasteiger partial charge on any atom is -0.298 e. The molecular formula is C17H12ClFN2OS. The van der Waals surface area contributed by atoms with E-state index in [0.717, 1.165) is 22.2 Å². The average Bonchev–Trinajstić information content (AvgIpc) is 2.88. The van der Waals surface area contributed by atoms with Gasteiger partial charge in [-0.05, 0) is 25.1 Å². The van der Waals surface area contributed by atoms with E-state index in [1.54, 1.807) is 0 Å². The molecule has 3 nitrogen and oxygen atoms in total. The maximum atomic E-state index is 13.1. The smallest absolute Gasteiger partial charge is 0.258 e. The van der Waals surface area contributed by atoms with Gasteiger partial charge in [0.1, 0.15) is 5.82 Å². The number of benzene rings is 2. The highest BCUT2D eigenvalue weighted by Crippen LogP contribution is 2.30. The predicted octanol–water partition coefficient (Wildman–Crippen LogP) is 5.16. The Morgan fingerprint density at radius 2 is 1.96 bits per heavy atom. The molecule has 0 aliphatic heterocycles. The van der Waals surface area contributed by atoms with Crippen LogP contribution in [0, 0.1) is 12.7 Å². The second-order valence-electron chi connectivity index (χ2n) is 4.87. The Hall–Kier alpha value is -2.24. The van der Waals surface area contributed by atoms with Crippen molar-refractivity contribution < 1.29 is 9.18 Å². The van der Waals surface area contributed by atoms with Crippen LogP contribution < -0.4 is 5.32 Å². The lowest BCUT2D eigenvalue weighted by Crippen LogP contribution is -2.12. The van der Waals surface area contributed by atoms with E-state index in [1.165, 1.54) is 23.5 Å². The van der Waals surface area contributed by atoms with Crippen LogP contribution >= 0.6 is 22.9 Å². The van der Waals surface area contributed by atoms with Crippen LogP contribution in [0.2, 0.25) is 5.02 Å². The first-order valence-electron chi connectivity index (χ1n) is 6.84. The Balaban J connectivity index is 1.85. The number of carbonyl (C=O) groups excluding carboxylic acids is 1. The van der Waals surface area contributed by atoms with Gasteiger partial charge in [-0.3, -0.25) is 10.1 Å². The number of anilines is 1. The van der Waals surface area contributed by atoms with E-state index < -0.39 is 11.7 Å². The van der Waals surface area contributed by atoms with Gasteiger partial charge in [-0.2, -0.15) is 0 Å². The Bertz CT molecular complexity index is 864. The molecule has 23 heavy (non-hydrogen) atoms. The zero-order valence-electron chi connectivity index (χ0n) is 12.1. The second-order valence-corrected chi connectivity index (χ2v) is 6.48. The summed E-state index contributed by atoms with van der Waals surface area (Å²) >= 11 is 7.29. The van der Waals surface area contributed by atoms with Gasteiger partial charge in [-0.1, -0.05) is 41.9 Å². The van der Waals surface area contributed by atoms with E-state index in [9.17, 15) is 9.18 Å². The Kier molecular flexibility index (Phi) is 4.41. The van der Waals surface area contributed by atoms with Gasteiger partial charge < -0.3 is 0 Å². The number of amides is 1. The Labute approximate surface area is 141 Å². The molecule has 0 saturated carbocycles. The molecule has 0 atom stereocenters. The summed E-state index contributed by atoms with van der Waals surface area (Å²) in [6.45, 7) is 1.94. The molecule has 1 heterocycles. The summed E-state index contributed by atoms with van der Waals surface area (Å²) in [6, 6.07) is 13.4. The zero-order valence-corrected chi connectivity index (χ0v) is 13.7. The number of aryl methyl sites for hydroxylation is 1. The highest BCUT2D eigenvalue weighted by molar-refractivity contribution is 7.16. The number of aromatic nitrogens is 1. The fourth-order valence-corrected chi connectivity index (χ4v) is 3.24. The largest absolute Gasteiger partial charge is 0.298 e. The van der Waals surface area contributed by atoms with Crippen molar-refractivity contribution in [2.75, 3.05) is 5.32 Å². The summed E-state index contributed by atoms with van der Waals surface area (Å²) in [6.07, 6.45) is 0. The van der Waals surface area contributed by atoms with Crippen molar-refractivity contribution in [3.05, 3.63) is 69.8 Å². The van der Waals surface area contributed by atoms with E-state index >= 15 is 0 Å². The molecule has 1 N–H and O–H groups in total. The van der Waals surface area contributed by atoms with Crippen molar-refractivity contribution in [1.29, 1.82) is 0 Å². The number of nitrogens with one attached hydrogen (secondary N) is 1. The van der Waals surface area contributed by atoms with Crippen LogP contribution in [0.15, 0.2) is 48.5 Å². The molecule has 3 rings (SSSR count). The minimum atomic E-state index is -0.483.